The molecule has 0 amide bonds. The van der Waals surface area contributed by atoms with Gasteiger partial charge in [0.2, 0.25) is 0 Å². The highest BCUT2D eigenvalue weighted by atomic mass is 32.9. The second-order valence-electron chi connectivity index (χ2n) is 4.37. The molecule has 0 atom stereocenters. The minimum absolute atomic E-state index is 0.0106. The Morgan fingerprint density at radius 1 is 1.47 bits per heavy atom. The van der Waals surface area contributed by atoms with Gasteiger partial charge >= 0.3 is 0 Å². The fourth-order valence-corrected chi connectivity index (χ4v) is 5.47. The van der Waals surface area contributed by atoms with Crippen LogP contribution in [0.1, 0.15) is 33.6 Å². The molecule has 0 unspecified atom stereocenters. The number of hydrogen-bond donors (Lipinski definition) is 0. The van der Waals surface area contributed by atoms with Crippen molar-refractivity contribution in [3.05, 3.63) is 0 Å². The van der Waals surface area contributed by atoms with Crippen molar-refractivity contribution < 1.29 is 13.8 Å². The van der Waals surface area contributed by atoms with Crippen LogP contribution in [0.15, 0.2) is 0 Å². The summed E-state index contributed by atoms with van der Waals surface area (Å²) in [5, 5.41) is 0.0838. The Bertz CT molecular complexity index is 277. The molecule has 0 N–H and O–H groups in total. The fourth-order valence-electron chi connectivity index (χ4n) is 1.01. The van der Waals surface area contributed by atoms with Crippen molar-refractivity contribution in [1.82, 2.24) is 0 Å². The average Bonchev–Trinajstić information content (AvgIpc) is 2.12. The number of carbonyl (C=O) groups excluding carboxylic acids is 1. The number of hydrogen-bond acceptors (Lipinski definition) is 5. The maximum Gasteiger partial charge on any atom is 0.254 e. The van der Waals surface area contributed by atoms with E-state index in [9.17, 15) is 4.79 Å². The molecule has 6 heteroatoms. The van der Waals surface area contributed by atoms with Crippen LogP contribution in [0.3, 0.4) is 0 Å². The Kier molecular flexibility index (Phi) is 4.81. The van der Waals surface area contributed by atoms with E-state index < -0.39 is 5.69 Å². The van der Waals surface area contributed by atoms with Crippen molar-refractivity contribution in [1.29, 1.82) is 0 Å². The highest BCUT2D eigenvalue weighted by Crippen LogP contribution is 2.64. The summed E-state index contributed by atoms with van der Waals surface area (Å²) in [6.07, 6.45) is 1.38. The largest absolute Gasteiger partial charge is 0.321 e. The molecule has 0 aromatic heterocycles. The van der Waals surface area contributed by atoms with Gasteiger partial charge in [-0.25, -0.2) is 0 Å². The molecular weight excluding hydrogens is 251 g/mol. The lowest BCUT2D eigenvalue weighted by atomic mass is 9.97. The van der Waals surface area contributed by atoms with E-state index in [-0.39, 0.29) is 10.5 Å². The second-order valence-corrected chi connectivity index (χ2v) is 10.5. The quantitative estimate of drug-likeness (QED) is 0.733. The maximum absolute atomic E-state index is 11.4. The van der Waals surface area contributed by atoms with Crippen molar-refractivity contribution in [2.45, 2.75) is 33.6 Å². The van der Waals surface area contributed by atoms with Crippen molar-refractivity contribution in [3.8, 4) is 0 Å². The van der Waals surface area contributed by atoms with Crippen molar-refractivity contribution in [2.24, 2.45) is 5.41 Å². The minimum Gasteiger partial charge on any atom is -0.321 e. The van der Waals surface area contributed by atoms with Gasteiger partial charge in [-0.3, -0.25) is 4.79 Å². The van der Waals surface area contributed by atoms with E-state index in [1.807, 2.05) is 6.92 Å². The standard InChI is InChI=1S/C9H17O3PS2/c1-4-5-8(10)15-13(14)11-6-9(2,3)7-12-13/h4-7H2,1-3H3. The van der Waals surface area contributed by atoms with E-state index in [4.69, 9.17) is 20.9 Å². The molecule has 15 heavy (non-hydrogen) atoms. The van der Waals surface area contributed by atoms with Gasteiger partial charge in [-0.2, -0.15) is 0 Å². The van der Waals surface area contributed by atoms with Crippen molar-refractivity contribution in [3.63, 3.8) is 0 Å². The molecule has 1 heterocycles. The van der Waals surface area contributed by atoms with Crippen LogP contribution in [0.5, 0.6) is 0 Å². The van der Waals surface area contributed by atoms with E-state index >= 15 is 0 Å². The van der Waals surface area contributed by atoms with Crippen LogP contribution in [-0.2, 0) is 25.6 Å². The fraction of sp³-hybridized carbons (Fsp3) is 0.889. The molecule has 88 valence electrons. The summed E-state index contributed by atoms with van der Waals surface area (Å²) >= 11 is 6.35. The molecule has 0 aliphatic carbocycles. The van der Waals surface area contributed by atoms with Gasteiger partial charge in [-0.1, -0.05) is 20.8 Å². The van der Waals surface area contributed by atoms with Crippen LogP contribution in [0.2, 0.25) is 0 Å². The van der Waals surface area contributed by atoms with Gasteiger partial charge in [0.15, 0.2) is 5.12 Å². The first-order valence-electron chi connectivity index (χ1n) is 4.98. The SMILES string of the molecule is CCCC(=O)SP1(=S)OCC(C)(C)CO1. The molecule has 1 fully saturated rings. The normalized spacial score (nSPS) is 23.7. The van der Waals surface area contributed by atoms with Crippen LogP contribution >= 0.6 is 17.1 Å². The maximum atomic E-state index is 11.4. The summed E-state index contributed by atoms with van der Waals surface area (Å²) in [6, 6.07) is 0. The summed E-state index contributed by atoms with van der Waals surface area (Å²) in [4.78, 5) is 11.4. The lowest BCUT2D eigenvalue weighted by molar-refractivity contribution is -0.110. The molecular formula is C9H17O3PS2. The molecule has 1 rings (SSSR count). The van der Waals surface area contributed by atoms with Crippen molar-refractivity contribution >= 4 is 34.0 Å². The molecule has 0 saturated carbocycles. The molecule has 1 aliphatic heterocycles. The molecule has 3 nitrogen and oxygen atoms in total. The van der Waals surface area contributed by atoms with Gasteiger partial charge in [-0.15, -0.1) is 0 Å². The van der Waals surface area contributed by atoms with E-state index in [0.29, 0.717) is 19.6 Å². The van der Waals surface area contributed by atoms with Gasteiger partial charge in [-0.05, 0) is 18.2 Å². The van der Waals surface area contributed by atoms with E-state index in [2.05, 4.69) is 13.8 Å². The highest BCUT2D eigenvalue weighted by Gasteiger charge is 2.35. The predicted molar refractivity (Wildman–Crippen MR) is 67.5 cm³/mol. The zero-order valence-electron chi connectivity index (χ0n) is 9.32. The van der Waals surface area contributed by atoms with Gasteiger partial charge in [0.25, 0.3) is 5.69 Å². The summed E-state index contributed by atoms with van der Waals surface area (Å²) in [5.74, 6) is 0. The van der Waals surface area contributed by atoms with Gasteiger partial charge in [0, 0.05) is 23.2 Å². The lowest BCUT2D eigenvalue weighted by Crippen LogP contribution is -2.28. The van der Waals surface area contributed by atoms with Gasteiger partial charge in [0.1, 0.15) is 0 Å². The molecule has 0 radical (unpaired) electrons. The number of carbonyl (C=O) groups is 1. The first kappa shape index (κ1) is 13.7. The molecule has 1 saturated heterocycles. The first-order chi connectivity index (χ1) is 6.87. The second kappa shape index (κ2) is 5.28. The topological polar surface area (TPSA) is 35.5 Å². The first-order valence-corrected chi connectivity index (χ1v) is 9.04. The third-order valence-corrected chi connectivity index (χ3v) is 6.63. The third kappa shape index (κ3) is 4.53. The zero-order chi connectivity index (χ0) is 11.5. The van der Waals surface area contributed by atoms with E-state index in [1.54, 1.807) is 0 Å². The van der Waals surface area contributed by atoms with Gasteiger partial charge < -0.3 is 9.05 Å². The smallest absolute Gasteiger partial charge is 0.254 e. The summed E-state index contributed by atoms with van der Waals surface area (Å²) in [5.41, 5.74) is -2.37. The molecule has 1 aliphatic rings. The highest BCUT2D eigenvalue weighted by molar-refractivity contribution is 8.73. The molecule has 0 bridgehead atoms. The zero-order valence-corrected chi connectivity index (χ0v) is 11.8. The Morgan fingerprint density at radius 2 is 2.00 bits per heavy atom. The lowest BCUT2D eigenvalue weighted by Gasteiger charge is -2.35. The predicted octanol–water partition coefficient (Wildman–Crippen LogP) is 3.34. The van der Waals surface area contributed by atoms with Crippen LogP contribution in [0.25, 0.3) is 0 Å². The third-order valence-electron chi connectivity index (χ3n) is 1.89. The molecule has 0 aromatic carbocycles. The Hall–Kier alpha value is 0.590. The molecule has 0 aromatic rings. The van der Waals surface area contributed by atoms with Crippen LogP contribution in [-0.4, -0.2) is 18.3 Å². The van der Waals surface area contributed by atoms with Crippen LogP contribution in [0, 0.1) is 5.41 Å². The molecule has 0 spiro atoms. The van der Waals surface area contributed by atoms with Crippen LogP contribution in [0.4, 0.5) is 0 Å². The Morgan fingerprint density at radius 3 is 2.47 bits per heavy atom. The van der Waals surface area contributed by atoms with E-state index in [1.165, 1.54) is 0 Å². The average molecular weight is 268 g/mol. The summed E-state index contributed by atoms with van der Waals surface area (Å²) in [7, 11) is 0. The summed E-state index contributed by atoms with van der Waals surface area (Å²) in [6.45, 7) is 7.25. The van der Waals surface area contributed by atoms with Gasteiger partial charge in [0.05, 0.1) is 13.2 Å². The monoisotopic (exact) mass is 268 g/mol. The van der Waals surface area contributed by atoms with E-state index in [0.717, 1.165) is 17.8 Å². The van der Waals surface area contributed by atoms with Crippen molar-refractivity contribution in [2.75, 3.05) is 13.2 Å². The minimum atomic E-state index is -2.38. The number of rotatable bonds is 3. The van der Waals surface area contributed by atoms with Crippen LogP contribution < -0.4 is 0 Å². The Labute approximate surface area is 100 Å². The summed E-state index contributed by atoms with van der Waals surface area (Å²) < 4.78 is 11.1. The Balaban J connectivity index is 2.49.